The molecule has 1 rings (SSSR count). The van der Waals surface area contributed by atoms with E-state index in [0.717, 1.165) is 38.7 Å². The van der Waals surface area contributed by atoms with Crippen molar-refractivity contribution in [2.24, 2.45) is 0 Å². The highest BCUT2D eigenvalue weighted by molar-refractivity contribution is 6.37. The average Bonchev–Trinajstić information content (AvgIpc) is 2.71. The lowest BCUT2D eigenvalue weighted by Crippen LogP contribution is -2.45. The molecule has 0 bridgehead atoms. The summed E-state index contributed by atoms with van der Waals surface area (Å²) in [5.74, 6) is -0.0362. The van der Waals surface area contributed by atoms with Gasteiger partial charge in [0.2, 0.25) is 0 Å². The molecular weight excluding hydrogens is 364 g/mol. The zero-order valence-electron chi connectivity index (χ0n) is 19.1. The molecule has 0 aliphatic carbocycles. The fourth-order valence-electron chi connectivity index (χ4n) is 4.16. The first-order chi connectivity index (χ1) is 13.7. The third-order valence-electron chi connectivity index (χ3n) is 6.14. The lowest BCUT2D eigenvalue weighted by atomic mass is 10.0. The minimum atomic E-state index is -0.503. The Morgan fingerprint density at radius 2 is 1.32 bits per heavy atom. The molecule has 28 heavy (non-hydrogen) atoms. The first-order valence-electron chi connectivity index (χ1n) is 12.6. The molecule has 4 heteroatoms. The van der Waals surface area contributed by atoms with Gasteiger partial charge in [0.05, 0.1) is 6.61 Å². The second-order valence-electron chi connectivity index (χ2n) is 8.74. The normalized spacial score (nSPS) is 20.1. The molecule has 1 heterocycles. The van der Waals surface area contributed by atoms with Crippen molar-refractivity contribution in [3.63, 3.8) is 0 Å². The highest BCUT2D eigenvalue weighted by atomic mass is 28.2. The topological polar surface area (TPSA) is 35.5 Å². The summed E-state index contributed by atoms with van der Waals surface area (Å²) in [5, 5.41) is 0. The molecule has 1 fully saturated rings. The van der Waals surface area contributed by atoms with Crippen LogP contribution < -0.4 is 0 Å². The SMILES string of the molecule is CCCCCCCCCCCCCCCCCC(=O)OC1([SiH2]C)CCCCO1. The molecule has 1 atom stereocenters. The molecule has 1 aliphatic rings. The third-order valence-corrected chi connectivity index (χ3v) is 7.92. The molecule has 0 aromatic heterocycles. The Bertz CT molecular complexity index is 367. The molecule has 1 aliphatic heterocycles. The maximum absolute atomic E-state index is 12.1. The van der Waals surface area contributed by atoms with Crippen LogP contribution in [-0.4, -0.2) is 27.5 Å². The first-order valence-corrected chi connectivity index (χ1v) is 14.7. The van der Waals surface area contributed by atoms with Crippen molar-refractivity contribution >= 4 is 15.5 Å². The Morgan fingerprint density at radius 3 is 1.75 bits per heavy atom. The maximum atomic E-state index is 12.1. The zero-order chi connectivity index (χ0) is 20.3. The number of unbranched alkanes of at least 4 members (excludes halogenated alkanes) is 14. The van der Waals surface area contributed by atoms with Crippen LogP contribution in [0.3, 0.4) is 0 Å². The standard InChI is InChI=1S/C24H48O3Si/c1-3-4-5-6-7-8-9-10-11-12-13-14-15-16-17-20-23(25)27-24(28-2)21-18-19-22-26-24/h3-22,28H2,1-2H3. The van der Waals surface area contributed by atoms with Crippen LogP contribution in [0.4, 0.5) is 0 Å². The monoisotopic (exact) mass is 412 g/mol. The summed E-state index contributed by atoms with van der Waals surface area (Å²) in [6.07, 6.45) is 23.9. The van der Waals surface area contributed by atoms with Crippen LogP contribution in [0.15, 0.2) is 0 Å². The van der Waals surface area contributed by atoms with Gasteiger partial charge in [-0.3, -0.25) is 4.79 Å². The van der Waals surface area contributed by atoms with Crippen LogP contribution in [0.2, 0.25) is 6.55 Å². The summed E-state index contributed by atoms with van der Waals surface area (Å²) < 4.78 is 11.6. The number of carbonyl (C=O) groups is 1. The van der Waals surface area contributed by atoms with Crippen LogP contribution in [0.5, 0.6) is 0 Å². The molecule has 0 aromatic carbocycles. The van der Waals surface area contributed by atoms with E-state index in [-0.39, 0.29) is 5.97 Å². The molecule has 1 saturated heterocycles. The quantitative estimate of drug-likeness (QED) is 0.140. The van der Waals surface area contributed by atoms with Gasteiger partial charge in [0.25, 0.3) is 0 Å². The molecule has 0 N–H and O–H groups in total. The van der Waals surface area contributed by atoms with Crippen LogP contribution in [-0.2, 0) is 14.3 Å². The minimum absolute atomic E-state index is 0.0362. The van der Waals surface area contributed by atoms with Gasteiger partial charge in [-0.25, -0.2) is 0 Å². The van der Waals surface area contributed by atoms with Crippen molar-refractivity contribution < 1.29 is 14.3 Å². The summed E-state index contributed by atoms with van der Waals surface area (Å²) in [4.78, 5) is 12.1. The number of carbonyl (C=O) groups excluding carboxylic acids is 1. The van der Waals surface area contributed by atoms with Gasteiger partial charge in [0.15, 0.2) is 5.41 Å². The lowest BCUT2D eigenvalue weighted by molar-refractivity contribution is -0.207. The molecule has 0 spiro atoms. The molecule has 0 amide bonds. The summed E-state index contributed by atoms with van der Waals surface area (Å²) >= 11 is 0. The largest absolute Gasteiger partial charge is 0.438 e. The summed E-state index contributed by atoms with van der Waals surface area (Å²) in [6.45, 7) is 5.23. The number of hydrogen-bond acceptors (Lipinski definition) is 3. The lowest BCUT2D eigenvalue weighted by Gasteiger charge is -2.36. The molecule has 3 nitrogen and oxygen atoms in total. The van der Waals surface area contributed by atoms with Gasteiger partial charge in [0.1, 0.15) is 9.52 Å². The molecule has 0 radical (unpaired) electrons. The van der Waals surface area contributed by atoms with E-state index in [2.05, 4.69) is 13.5 Å². The highest BCUT2D eigenvalue weighted by Crippen LogP contribution is 2.26. The minimum Gasteiger partial charge on any atom is -0.438 e. The average molecular weight is 413 g/mol. The van der Waals surface area contributed by atoms with Gasteiger partial charge < -0.3 is 9.47 Å². The van der Waals surface area contributed by atoms with Gasteiger partial charge in [-0.1, -0.05) is 103 Å². The molecular formula is C24H48O3Si. The van der Waals surface area contributed by atoms with Crippen molar-refractivity contribution in [2.75, 3.05) is 6.61 Å². The summed E-state index contributed by atoms with van der Waals surface area (Å²) in [5.41, 5.74) is -0.481. The van der Waals surface area contributed by atoms with Gasteiger partial charge >= 0.3 is 5.97 Å². The van der Waals surface area contributed by atoms with Crippen LogP contribution in [0.25, 0.3) is 0 Å². The van der Waals surface area contributed by atoms with Gasteiger partial charge in [-0.2, -0.15) is 0 Å². The number of esters is 1. The summed E-state index contributed by atoms with van der Waals surface area (Å²) in [7, 11) is -0.503. The van der Waals surface area contributed by atoms with Crippen molar-refractivity contribution in [2.45, 2.75) is 141 Å². The molecule has 1 unspecified atom stereocenters. The summed E-state index contributed by atoms with van der Waals surface area (Å²) in [6, 6.07) is 0. The second-order valence-corrected chi connectivity index (χ2v) is 10.5. The van der Waals surface area contributed by atoms with E-state index in [1.165, 1.54) is 83.5 Å². The van der Waals surface area contributed by atoms with Crippen molar-refractivity contribution in [3.05, 3.63) is 0 Å². The van der Waals surface area contributed by atoms with Gasteiger partial charge in [-0.05, 0) is 19.3 Å². The van der Waals surface area contributed by atoms with Crippen molar-refractivity contribution in [3.8, 4) is 0 Å². The van der Waals surface area contributed by atoms with E-state index in [1.807, 2.05) is 0 Å². The molecule has 0 saturated carbocycles. The Labute approximate surface area is 177 Å². The van der Waals surface area contributed by atoms with E-state index in [9.17, 15) is 4.79 Å². The predicted octanol–water partition coefficient (Wildman–Crippen LogP) is 6.86. The van der Waals surface area contributed by atoms with E-state index in [1.54, 1.807) is 0 Å². The third kappa shape index (κ3) is 13.0. The van der Waals surface area contributed by atoms with E-state index < -0.39 is 14.9 Å². The fourth-order valence-corrected chi connectivity index (χ4v) is 5.41. The molecule has 0 aromatic rings. The Hall–Kier alpha value is -0.353. The smallest absolute Gasteiger partial charge is 0.307 e. The highest BCUT2D eigenvalue weighted by Gasteiger charge is 2.35. The van der Waals surface area contributed by atoms with E-state index in [0.29, 0.717) is 6.42 Å². The van der Waals surface area contributed by atoms with Gasteiger partial charge in [-0.15, -0.1) is 0 Å². The first kappa shape index (κ1) is 25.7. The van der Waals surface area contributed by atoms with Crippen LogP contribution in [0.1, 0.15) is 129 Å². The number of hydrogen-bond donors (Lipinski definition) is 0. The Kier molecular flexibility index (Phi) is 16.1. The predicted molar refractivity (Wildman–Crippen MR) is 123 cm³/mol. The number of rotatable bonds is 18. The van der Waals surface area contributed by atoms with E-state index in [4.69, 9.17) is 9.47 Å². The Balaban J connectivity index is 1.84. The van der Waals surface area contributed by atoms with Crippen molar-refractivity contribution in [1.82, 2.24) is 0 Å². The van der Waals surface area contributed by atoms with Crippen LogP contribution in [0, 0.1) is 0 Å². The number of ether oxygens (including phenoxy) is 2. The van der Waals surface area contributed by atoms with Gasteiger partial charge in [0, 0.05) is 12.8 Å². The maximum Gasteiger partial charge on any atom is 0.307 e. The van der Waals surface area contributed by atoms with Crippen LogP contribution >= 0.6 is 0 Å². The van der Waals surface area contributed by atoms with Crippen molar-refractivity contribution in [1.29, 1.82) is 0 Å². The fraction of sp³-hybridized carbons (Fsp3) is 0.958. The van der Waals surface area contributed by atoms with E-state index >= 15 is 0 Å². The zero-order valence-corrected chi connectivity index (χ0v) is 20.5. The molecule has 166 valence electrons. The Morgan fingerprint density at radius 1 is 0.821 bits per heavy atom. The second kappa shape index (κ2) is 17.5.